The molecule has 2 rings (SSSR count). The molecule has 1 saturated heterocycles. The highest BCUT2D eigenvalue weighted by molar-refractivity contribution is 9.10. The standard InChI is InChI=1S/C17H28BrN3/c1-4-8-19-11-14-10-15(18)12-20-16(14)21-9-7-17(5-2,6-3)13-21/h10,12,19H,4-9,11,13H2,1-3H3. The van der Waals surface area contributed by atoms with Crippen LogP contribution in [0.15, 0.2) is 16.7 Å². The Morgan fingerprint density at radius 2 is 2.10 bits per heavy atom. The van der Waals surface area contributed by atoms with Gasteiger partial charge in [0.2, 0.25) is 0 Å². The average molecular weight is 354 g/mol. The van der Waals surface area contributed by atoms with E-state index in [9.17, 15) is 0 Å². The molecule has 0 unspecified atom stereocenters. The van der Waals surface area contributed by atoms with Gasteiger partial charge in [-0.2, -0.15) is 0 Å². The van der Waals surface area contributed by atoms with E-state index in [1.807, 2.05) is 6.20 Å². The summed E-state index contributed by atoms with van der Waals surface area (Å²) in [5.74, 6) is 1.17. The number of nitrogens with one attached hydrogen (secondary N) is 1. The van der Waals surface area contributed by atoms with Crippen LogP contribution >= 0.6 is 15.9 Å². The summed E-state index contributed by atoms with van der Waals surface area (Å²) in [6.07, 6.45) is 6.91. The summed E-state index contributed by atoms with van der Waals surface area (Å²) in [6, 6.07) is 2.21. The second-order valence-corrected chi connectivity index (χ2v) is 7.11. The third kappa shape index (κ3) is 3.98. The van der Waals surface area contributed by atoms with Crippen molar-refractivity contribution in [3.8, 4) is 0 Å². The van der Waals surface area contributed by atoms with Crippen LogP contribution in [-0.2, 0) is 6.54 Å². The lowest BCUT2D eigenvalue weighted by Gasteiger charge is -2.27. The van der Waals surface area contributed by atoms with Crippen molar-refractivity contribution in [3.63, 3.8) is 0 Å². The molecule has 0 saturated carbocycles. The first-order valence-corrected chi connectivity index (χ1v) is 9.03. The zero-order valence-corrected chi connectivity index (χ0v) is 15.2. The summed E-state index contributed by atoms with van der Waals surface area (Å²) < 4.78 is 1.07. The van der Waals surface area contributed by atoms with Crippen molar-refractivity contribution in [3.05, 3.63) is 22.3 Å². The van der Waals surface area contributed by atoms with E-state index in [2.05, 4.69) is 53.0 Å². The van der Waals surface area contributed by atoms with Gasteiger partial charge in [-0.15, -0.1) is 0 Å². The smallest absolute Gasteiger partial charge is 0.133 e. The largest absolute Gasteiger partial charge is 0.356 e. The van der Waals surface area contributed by atoms with Gasteiger partial charge in [-0.25, -0.2) is 4.98 Å². The molecule has 1 aliphatic rings. The van der Waals surface area contributed by atoms with Crippen LogP contribution in [0.2, 0.25) is 0 Å². The molecule has 1 fully saturated rings. The summed E-state index contributed by atoms with van der Waals surface area (Å²) in [7, 11) is 0. The SMILES string of the molecule is CCCNCc1cc(Br)cnc1N1CCC(CC)(CC)C1. The van der Waals surface area contributed by atoms with Gasteiger partial charge in [0.25, 0.3) is 0 Å². The lowest BCUT2D eigenvalue weighted by atomic mass is 9.82. The minimum Gasteiger partial charge on any atom is -0.356 e. The van der Waals surface area contributed by atoms with Crippen molar-refractivity contribution in [1.82, 2.24) is 10.3 Å². The van der Waals surface area contributed by atoms with E-state index in [4.69, 9.17) is 4.98 Å². The van der Waals surface area contributed by atoms with E-state index in [1.165, 1.54) is 30.6 Å². The number of rotatable bonds is 7. The van der Waals surface area contributed by atoms with Gasteiger partial charge in [-0.05, 0) is 59.6 Å². The van der Waals surface area contributed by atoms with Crippen LogP contribution in [0, 0.1) is 5.41 Å². The van der Waals surface area contributed by atoms with Crippen LogP contribution in [0.3, 0.4) is 0 Å². The molecule has 1 aromatic rings. The average Bonchev–Trinajstić information content (AvgIpc) is 2.93. The van der Waals surface area contributed by atoms with Gasteiger partial charge in [0.1, 0.15) is 5.82 Å². The number of hydrogen-bond acceptors (Lipinski definition) is 3. The minimum atomic E-state index is 0.489. The molecule has 0 amide bonds. The topological polar surface area (TPSA) is 28.2 Å². The fraction of sp³-hybridized carbons (Fsp3) is 0.706. The quantitative estimate of drug-likeness (QED) is 0.738. The summed E-state index contributed by atoms with van der Waals surface area (Å²) in [6.45, 7) is 11.1. The van der Waals surface area contributed by atoms with Crippen molar-refractivity contribution in [2.45, 2.75) is 53.0 Å². The van der Waals surface area contributed by atoms with Gasteiger partial charge in [-0.3, -0.25) is 0 Å². The molecule has 0 atom stereocenters. The highest BCUT2D eigenvalue weighted by Gasteiger charge is 2.36. The van der Waals surface area contributed by atoms with E-state index in [0.29, 0.717) is 5.41 Å². The zero-order valence-electron chi connectivity index (χ0n) is 13.6. The zero-order chi connectivity index (χ0) is 15.3. The Morgan fingerprint density at radius 3 is 2.71 bits per heavy atom. The van der Waals surface area contributed by atoms with Crippen molar-refractivity contribution in [2.24, 2.45) is 5.41 Å². The van der Waals surface area contributed by atoms with Gasteiger partial charge >= 0.3 is 0 Å². The molecular formula is C17H28BrN3. The molecule has 0 aliphatic carbocycles. The van der Waals surface area contributed by atoms with Crippen LogP contribution in [0.4, 0.5) is 5.82 Å². The summed E-state index contributed by atoms with van der Waals surface area (Å²) in [5.41, 5.74) is 1.80. The first-order chi connectivity index (χ1) is 10.1. The van der Waals surface area contributed by atoms with Gasteiger partial charge in [0.15, 0.2) is 0 Å². The molecule has 0 radical (unpaired) electrons. The number of anilines is 1. The molecule has 0 aromatic carbocycles. The Hall–Kier alpha value is -0.610. The van der Waals surface area contributed by atoms with Gasteiger partial charge in [0.05, 0.1) is 0 Å². The van der Waals surface area contributed by atoms with Crippen LogP contribution < -0.4 is 10.2 Å². The Kier molecular flexibility index (Phi) is 6.06. The van der Waals surface area contributed by atoms with E-state index in [1.54, 1.807) is 0 Å². The highest BCUT2D eigenvalue weighted by Crippen LogP contribution is 2.39. The Balaban J connectivity index is 2.15. The van der Waals surface area contributed by atoms with E-state index in [0.717, 1.165) is 37.1 Å². The van der Waals surface area contributed by atoms with Gasteiger partial charge < -0.3 is 10.2 Å². The molecule has 1 aliphatic heterocycles. The molecule has 0 bridgehead atoms. The van der Waals surface area contributed by atoms with Crippen LogP contribution in [0.1, 0.15) is 52.0 Å². The molecule has 2 heterocycles. The summed E-state index contributed by atoms with van der Waals surface area (Å²) >= 11 is 3.55. The molecular weight excluding hydrogens is 326 g/mol. The molecule has 3 nitrogen and oxygen atoms in total. The molecule has 1 N–H and O–H groups in total. The van der Waals surface area contributed by atoms with Crippen molar-refractivity contribution < 1.29 is 0 Å². The lowest BCUT2D eigenvalue weighted by Crippen LogP contribution is -2.28. The fourth-order valence-corrected chi connectivity index (χ4v) is 3.61. The third-order valence-corrected chi connectivity index (χ3v) is 5.32. The summed E-state index contributed by atoms with van der Waals surface area (Å²) in [4.78, 5) is 7.20. The molecule has 1 aromatic heterocycles. The second-order valence-electron chi connectivity index (χ2n) is 6.19. The maximum Gasteiger partial charge on any atom is 0.133 e. The Labute approximate surface area is 137 Å². The number of pyridine rings is 1. The third-order valence-electron chi connectivity index (χ3n) is 4.89. The number of nitrogens with zero attached hydrogens (tertiary/aromatic N) is 2. The molecule has 21 heavy (non-hydrogen) atoms. The molecule has 118 valence electrons. The molecule has 4 heteroatoms. The first kappa shape index (κ1) is 16.8. The number of aromatic nitrogens is 1. The van der Waals surface area contributed by atoms with Gasteiger partial charge in [-0.1, -0.05) is 20.8 Å². The predicted octanol–water partition coefficient (Wildman–Crippen LogP) is 4.36. The fourth-order valence-electron chi connectivity index (χ4n) is 3.23. The Morgan fingerprint density at radius 1 is 1.33 bits per heavy atom. The van der Waals surface area contributed by atoms with Gasteiger partial charge in [0, 0.05) is 35.9 Å². The Bertz CT molecular complexity index is 457. The van der Waals surface area contributed by atoms with E-state index < -0.39 is 0 Å². The first-order valence-electron chi connectivity index (χ1n) is 8.24. The number of hydrogen-bond donors (Lipinski definition) is 1. The minimum absolute atomic E-state index is 0.489. The maximum absolute atomic E-state index is 4.71. The maximum atomic E-state index is 4.71. The second kappa shape index (κ2) is 7.59. The predicted molar refractivity (Wildman–Crippen MR) is 93.8 cm³/mol. The van der Waals surface area contributed by atoms with Crippen LogP contribution in [0.25, 0.3) is 0 Å². The monoisotopic (exact) mass is 353 g/mol. The van der Waals surface area contributed by atoms with Crippen LogP contribution in [-0.4, -0.2) is 24.6 Å². The van der Waals surface area contributed by atoms with Crippen molar-refractivity contribution >= 4 is 21.7 Å². The molecule has 0 spiro atoms. The normalized spacial score (nSPS) is 17.4. The van der Waals surface area contributed by atoms with E-state index >= 15 is 0 Å². The van der Waals surface area contributed by atoms with Crippen molar-refractivity contribution in [1.29, 1.82) is 0 Å². The summed E-state index contributed by atoms with van der Waals surface area (Å²) in [5, 5.41) is 3.50. The van der Waals surface area contributed by atoms with E-state index in [-0.39, 0.29) is 0 Å². The lowest BCUT2D eigenvalue weighted by molar-refractivity contribution is 0.301. The highest BCUT2D eigenvalue weighted by atomic mass is 79.9. The van der Waals surface area contributed by atoms with Crippen LogP contribution in [0.5, 0.6) is 0 Å². The number of halogens is 1. The van der Waals surface area contributed by atoms with Crippen molar-refractivity contribution in [2.75, 3.05) is 24.5 Å².